The van der Waals surface area contributed by atoms with Crippen molar-refractivity contribution in [1.82, 2.24) is 5.32 Å². The van der Waals surface area contributed by atoms with Crippen molar-refractivity contribution in [3.05, 3.63) is 34.6 Å². The van der Waals surface area contributed by atoms with Gasteiger partial charge < -0.3 is 5.32 Å². The first-order valence-corrected chi connectivity index (χ1v) is 7.69. The van der Waals surface area contributed by atoms with E-state index in [1.807, 2.05) is 6.07 Å². The predicted octanol–water partition coefficient (Wildman–Crippen LogP) is 4.39. The number of nitrogens with one attached hydrogen (secondary N) is 1. The average Bonchev–Trinajstić information content (AvgIpc) is 3.02. The van der Waals surface area contributed by atoms with E-state index in [0.29, 0.717) is 12.6 Å². The molecular weight excluding hydrogens is 261 g/mol. The minimum Gasteiger partial charge on any atom is -0.310 e. The Labute approximate surface area is 119 Å². The van der Waals surface area contributed by atoms with Crippen molar-refractivity contribution in [1.29, 1.82) is 0 Å². The molecule has 0 radical (unpaired) electrons. The summed E-state index contributed by atoms with van der Waals surface area (Å²) in [4.78, 5) is 0. The van der Waals surface area contributed by atoms with Gasteiger partial charge in [-0.15, -0.1) is 0 Å². The van der Waals surface area contributed by atoms with Crippen molar-refractivity contribution in [2.45, 2.75) is 45.2 Å². The maximum absolute atomic E-state index is 13.4. The second-order valence-electron chi connectivity index (χ2n) is 6.22. The molecule has 0 amide bonds. The predicted molar refractivity (Wildman–Crippen MR) is 76.6 cm³/mol. The fraction of sp³-hybridized carbons (Fsp3) is 0.625. The normalized spacial score (nSPS) is 30.8. The van der Waals surface area contributed by atoms with Gasteiger partial charge in [-0.25, -0.2) is 4.39 Å². The van der Waals surface area contributed by atoms with E-state index in [1.54, 1.807) is 6.07 Å². The quantitative estimate of drug-likeness (QED) is 0.863. The number of benzene rings is 1. The zero-order valence-electron chi connectivity index (χ0n) is 11.3. The van der Waals surface area contributed by atoms with Gasteiger partial charge in [0.2, 0.25) is 0 Å². The largest absolute Gasteiger partial charge is 0.310 e. The van der Waals surface area contributed by atoms with Crippen molar-refractivity contribution in [3.8, 4) is 0 Å². The van der Waals surface area contributed by atoms with E-state index in [4.69, 9.17) is 11.6 Å². The van der Waals surface area contributed by atoms with Gasteiger partial charge >= 0.3 is 0 Å². The third-order valence-electron chi connectivity index (χ3n) is 5.08. The Morgan fingerprint density at radius 2 is 2.21 bits per heavy atom. The monoisotopic (exact) mass is 281 g/mol. The molecule has 0 aliphatic heterocycles. The Balaban J connectivity index is 1.58. The standard InChI is InChI=1S/C16H21ClFN/c1-10(14-8-11-5-6-12(14)7-11)19-9-13-3-2-4-15(18)16(13)17/h2-4,10-12,14,19H,5-9H2,1H3. The number of hydrogen-bond acceptors (Lipinski definition) is 1. The highest BCUT2D eigenvalue weighted by Gasteiger charge is 2.41. The molecule has 19 heavy (non-hydrogen) atoms. The van der Waals surface area contributed by atoms with Gasteiger partial charge in [-0.05, 0) is 55.6 Å². The minimum absolute atomic E-state index is 0.259. The summed E-state index contributed by atoms with van der Waals surface area (Å²) >= 11 is 5.98. The summed E-state index contributed by atoms with van der Waals surface area (Å²) in [6.07, 6.45) is 5.64. The molecule has 3 heteroatoms. The first-order valence-electron chi connectivity index (χ1n) is 7.31. The van der Waals surface area contributed by atoms with Crippen LogP contribution in [-0.2, 0) is 6.54 Å². The van der Waals surface area contributed by atoms with Crippen molar-refractivity contribution in [3.63, 3.8) is 0 Å². The minimum atomic E-state index is -0.325. The van der Waals surface area contributed by atoms with Gasteiger partial charge in [-0.2, -0.15) is 0 Å². The maximum Gasteiger partial charge on any atom is 0.142 e. The van der Waals surface area contributed by atoms with E-state index in [0.717, 1.165) is 23.3 Å². The lowest BCUT2D eigenvalue weighted by Gasteiger charge is -2.28. The van der Waals surface area contributed by atoms with E-state index in [1.165, 1.54) is 31.7 Å². The van der Waals surface area contributed by atoms with Crippen LogP contribution in [-0.4, -0.2) is 6.04 Å². The molecule has 4 atom stereocenters. The van der Waals surface area contributed by atoms with Gasteiger partial charge in [0.05, 0.1) is 5.02 Å². The SMILES string of the molecule is CC(NCc1cccc(F)c1Cl)C1CC2CCC1C2. The van der Waals surface area contributed by atoms with Crippen molar-refractivity contribution in [2.75, 3.05) is 0 Å². The summed E-state index contributed by atoms with van der Waals surface area (Å²) in [6.45, 7) is 2.92. The molecule has 0 heterocycles. The second kappa shape index (κ2) is 5.41. The highest BCUT2D eigenvalue weighted by atomic mass is 35.5. The molecule has 104 valence electrons. The lowest BCUT2D eigenvalue weighted by Crippen LogP contribution is -2.35. The highest BCUT2D eigenvalue weighted by molar-refractivity contribution is 6.31. The van der Waals surface area contributed by atoms with Crippen molar-refractivity contribution < 1.29 is 4.39 Å². The molecule has 0 saturated heterocycles. The zero-order valence-corrected chi connectivity index (χ0v) is 12.1. The molecule has 1 aromatic carbocycles. The molecule has 0 spiro atoms. The van der Waals surface area contributed by atoms with Gasteiger partial charge in [-0.1, -0.05) is 30.2 Å². The molecule has 4 unspecified atom stereocenters. The number of halogens is 2. The fourth-order valence-electron chi connectivity index (χ4n) is 4.01. The van der Waals surface area contributed by atoms with E-state index < -0.39 is 0 Å². The van der Waals surface area contributed by atoms with Crippen LogP contribution in [0.2, 0.25) is 5.02 Å². The van der Waals surface area contributed by atoms with Crippen LogP contribution in [0.4, 0.5) is 4.39 Å². The first-order chi connectivity index (χ1) is 9.15. The summed E-state index contributed by atoms with van der Waals surface area (Å²) in [7, 11) is 0. The topological polar surface area (TPSA) is 12.0 Å². The number of fused-ring (bicyclic) bond motifs is 2. The molecule has 2 aliphatic carbocycles. The van der Waals surface area contributed by atoms with Crippen LogP contribution in [0.1, 0.15) is 38.2 Å². The maximum atomic E-state index is 13.4. The van der Waals surface area contributed by atoms with Gasteiger partial charge in [0.25, 0.3) is 0 Å². The molecule has 2 bridgehead atoms. The van der Waals surface area contributed by atoms with E-state index in [2.05, 4.69) is 12.2 Å². The molecule has 1 aromatic rings. The van der Waals surface area contributed by atoms with E-state index >= 15 is 0 Å². The molecule has 2 aliphatic rings. The van der Waals surface area contributed by atoms with Crippen LogP contribution in [0.3, 0.4) is 0 Å². The van der Waals surface area contributed by atoms with Gasteiger partial charge in [-0.3, -0.25) is 0 Å². The Morgan fingerprint density at radius 3 is 2.89 bits per heavy atom. The van der Waals surface area contributed by atoms with Gasteiger partial charge in [0.15, 0.2) is 0 Å². The van der Waals surface area contributed by atoms with Crippen LogP contribution in [0.15, 0.2) is 18.2 Å². The Morgan fingerprint density at radius 1 is 1.37 bits per heavy atom. The summed E-state index contributed by atoms with van der Waals surface area (Å²) in [6, 6.07) is 5.52. The molecule has 3 rings (SSSR count). The van der Waals surface area contributed by atoms with Gasteiger partial charge in [0.1, 0.15) is 5.82 Å². The lowest BCUT2D eigenvalue weighted by atomic mass is 9.84. The number of rotatable bonds is 4. The Kier molecular flexibility index (Phi) is 3.81. The summed E-state index contributed by atoms with van der Waals surface area (Å²) in [5, 5.41) is 3.80. The molecule has 0 aromatic heterocycles. The molecule has 1 nitrogen and oxygen atoms in total. The van der Waals surface area contributed by atoms with E-state index in [9.17, 15) is 4.39 Å². The Hall–Kier alpha value is -0.600. The van der Waals surface area contributed by atoms with Crippen LogP contribution in [0.5, 0.6) is 0 Å². The van der Waals surface area contributed by atoms with Gasteiger partial charge in [0, 0.05) is 12.6 Å². The van der Waals surface area contributed by atoms with E-state index in [-0.39, 0.29) is 10.8 Å². The third-order valence-corrected chi connectivity index (χ3v) is 5.50. The summed E-state index contributed by atoms with van der Waals surface area (Å²) in [5.41, 5.74) is 0.858. The average molecular weight is 282 g/mol. The highest BCUT2D eigenvalue weighted by Crippen LogP contribution is 2.49. The van der Waals surface area contributed by atoms with Crippen LogP contribution in [0, 0.1) is 23.6 Å². The van der Waals surface area contributed by atoms with Crippen molar-refractivity contribution in [2.24, 2.45) is 17.8 Å². The summed E-state index contributed by atoms with van der Waals surface area (Å²) < 4.78 is 13.4. The van der Waals surface area contributed by atoms with Crippen LogP contribution in [0.25, 0.3) is 0 Å². The molecule has 2 fully saturated rings. The zero-order chi connectivity index (χ0) is 13.4. The second-order valence-corrected chi connectivity index (χ2v) is 6.60. The summed E-state index contributed by atoms with van der Waals surface area (Å²) in [5.74, 6) is 2.35. The molecule has 2 saturated carbocycles. The Bertz CT molecular complexity index is 462. The number of hydrogen-bond donors (Lipinski definition) is 1. The lowest BCUT2D eigenvalue weighted by molar-refractivity contribution is 0.259. The van der Waals surface area contributed by atoms with Crippen LogP contribution < -0.4 is 5.32 Å². The van der Waals surface area contributed by atoms with Crippen LogP contribution >= 0.6 is 11.6 Å². The molecular formula is C16H21ClFN. The van der Waals surface area contributed by atoms with Crippen molar-refractivity contribution >= 4 is 11.6 Å². The third kappa shape index (κ3) is 2.66. The first kappa shape index (κ1) is 13.4. The smallest absolute Gasteiger partial charge is 0.142 e. The molecule has 1 N–H and O–H groups in total. The fourth-order valence-corrected chi connectivity index (χ4v) is 4.21.